The fraction of sp³-hybridized carbons (Fsp3) is 0.636. The van der Waals surface area contributed by atoms with Gasteiger partial charge in [-0.2, -0.15) is 0 Å². The fourth-order valence-electron chi connectivity index (χ4n) is 1.45. The van der Waals surface area contributed by atoms with Crippen LogP contribution in [0.1, 0.15) is 17.4 Å². The summed E-state index contributed by atoms with van der Waals surface area (Å²) < 4.78 is 0. The third kappa shape index (κ3) is 3.40. The van der Waals surface area contributed by atoms with Crippen LogP contribution in [0.5, 0.6) is 0 Å². The van der Waals surface area contributed by atoms with Crippen LogP contribution in [0.4, 0.5) is 0 Å². The van der Waals surface area contributed by atoms with Crippen molar-refractivity contribution in [1.82, 2.24) is 10.2 Å². The van der Waals surface area contributed by atoms with Gasteiger partial charge >= 0.3 is 0 Å². The maximum atomic E-state index is 3.17. The third-order valence-electron chi connectivity index (χ3n) is 2.38. The molecule has 0 unspecified atom stereocenters. The summed E-state index contributed by atoms with van der Waals surface area (Å²) in [4.78, 5) is 3.88. The molecule has 0 spiro atoms. The van der Waals surface area contributed by atoms with Crippen molar-refractivity contribution in [3.05, 3.63) is 21.9 Å². The highest BCUT2D eigenvalue weighted by Gasteiger charge is 2.05. The Kier molecular flexibility index (Phi) is 5.15. The first-order valence-corrected chi connectivity index (χ1v) is 6.04. The number of nitrogens with one attached hydrogen (secondary N) is 1. The largest absolute Gasteiger partial charge is 0.318 e. The number of hydrogen-bond donors (Lipinski definition) is 1. The first kappa shape index (κ1) is 11.7. The number of hydrogen-bond acceptors (Lipinski definition) is 3. The summed E-state index contributed by atoms with van der Waals surface area (Å²) in [5.74, 6) is 0. The van der Waals surface area contributed by atoms with Crippen LogP contribution in [0.15, 0.2) is 11.4 Å². The molecule has 1 heterocycles. The van der Waals surface area contributed by atoms with E-state index in [9.17, 15) is 0 Å². The molecule has 1 rings (SSSR count). The van der Waals surface area contributed by atoms with Gasteiger partial charge in [0.25, 0.3) is 0 Å². The van der Waals surface area contributed by atoms with E-state index in [0.29, 0.717) is 0 Å². The number of thiophene rings is 1. The molecule has 0 radical (unpaired) electrons. The summed E-state index contributed by atoms with van der Waals surface area (Å²) in [6.45, 7) is 5.47. The Morgan fingerprint density at radius 2 is 2.29 bits per heavy atom. The van der Waals surface area contributed by atoms with E-state index in [2.05, 4.69) is 35.6 Å². The Hall–Kier alpha value is -0.380. The van der Waals surface area contributed by atoms with Gasteiger partial charge < -0.3 is 10.2 Å². The molecule has 3 heteroatoms. The smallest absolute Gasteiger partial charge is 0.0328 e. The molecule has 0 atom stereocenters. The summed E-state index contributed by atoms with van der Waals surface area (Å²) in [6.07, 6.45) is 1.15. The Morgan fingerprint density at radius 1 is 1.50 bits per heavy atom. The van der Waals surface area contributed by atoms with Crippen LogP contribution in [0.25, 0.3) is 0 Å². The Morgan fingerprint density at radius 3 is 2.93 bits per heavy atom. The molecule has 0 bridgehead atoms. The second kappa shape index (κ2) is 6.17. The summed E-state index contributed by atoms with van der Waals surface area (Å²) in [7, 11) is 4.17. The zero-order valence-electron chi connectivity index (χ0n) is 9.34. The third-order valence-corrected chi connectivity index (χ3v) is 3.32. The molecular formula is C11H20N2S. The van der Waals surface area contributed by atoms with Crippen molar-refractivity contribution in [2.24, 2.45) is 0 Å². The van der Waals surface area contributed by atoms with E-state index < -0.39 is 0 Å². The molecule has 0 aliphatic rings. The summed E-state index contributed by atoms with van der Waals surface area (Å²) in [5.41, 5.74) is 1.51. The average Bonchev–Trinajstić information content (AvgIpc) is 2.62. The SMILES string of the molecule is CCc1ccsc1CN(C)CCNC. The van der Waals surface area contributed by atoms with Crippen LogP contribution in [0.3, 0.4) is 0 Å². The van der Waals surface area contributed by atoms with Crippen molar-refractivity contribution in [2.45, 2.75) is 19.9 Å². The normalized spacial score (nSPS) is 11.1. The highest BCUT2D eigenvalue weighted by molar-refractivity contribution is 7.10. The van der Waals surface area contributed by atoms with E-state index in [0.717, 1.165) is 26.1 Å². The van der Waals surface area contributed by atoms with E-state index in [1.54, 1.807) is 0 Å². The maximum Gasteiger partial charge on any atom is 0.0328 e. The molecule has 0 saturated heterocycles. The highest BCUT2D eigenvalue weighted by Crippen LogP contribution is 2.18. The first-order valence-electron chi connectivity index (χ1n) is 5.16. The Balaban J connectivity index is 2.42. The van der Waals surface area contributed by atoms with E-state index in [-0.39, 0.29) is 0 Å². The standard InChI is InChI=1S/C11H20N2S/c1-4-10-5-8-14-11(10)9-13(3)7-6-12-2/h5,8,12H,4,6-7,9H2,1-3H3. The molecule has 80 valence electrons. The predicted molar refractivity (Wildman–Crippen MR) is 64.0 cm³/mol. The van der Waals surface area contributed by atoms with Crippen molar-refractivity contribution in [3.63, 3.8) is 0 Å². The lowest BCUT2D eigenvalue weighted by atomic mass is 10.2. The van der Waals surface area contributed by atoms with Crippen LogP contribution >= 0.6 is 11.3 Å². The monoisotopic (exact) mass is 212 g/mol. The molecule has 0 aromatic carbocycles. The van der Waals surface area contributed by atoms with Crippen molar-refractivity contribution in [2.75, 3.05) is 27.2 Å². The average molecular weight is 212 g/mol. The molecule has 0 fully saturated rings. The minimum atomic E-state index is 1.06. The van der Waals surface area contributed by atoms with Crippen molar-refractivity contribution in [1.29, 1.82) is 0 Å². The Bertz CT molecular complexity index is 258. The molecule has 1 aromatic heterocycles. The minimum Gasteiger partial charge on any atom is -0.318 e. The Labute approximate surface area is 90.9 Å². The van der Waals surface area contributed by atoms with Crippen molar-refractivity contribution in [3.8, 4) is 0 Å². The van der Waals surface area contributed by atoms with E-state index >= 15 is 0 Å². The van der Waals surface area contributed by atoms with Gasteiger partial charge in [0.15, 0.2) is 0 Å². The second-order valence-corrected chi connectivity index (χ2v) is 4.56. The van der Waals surface area contributed by atoms with Gasteiger partial charge in [-0.05, 0) is 37.5 Å². The van der Waals surface area contributed by atoms with E-state index in [1.165, 1.54) is 10.4 Å². The topological polar surface area (TPSA) is 15.3 Å². The molecule has 0 aliphatic heterocycles. The number of likely N-dealkylation sites (N-methyl/N-ethyl adjacent to an activating group) is 2. The summed E-state index contributed by atoms with van der Waals surface area (Å²) in [5, 5.41) is 5.36. The van der Waals surface area contributed by atoms with Gasteiger partial charge in [0, 0.05) is 24.5 Å². The number of rotatable bonds is 6. The molecule has 1 N–H and O–H groups in total. The predicted octanol–water partition coefficient (Wildman–Crippen LogP) is 1.96. The molecule has 2 nitrogen and oxygen atoms in total. The van der Waals surface area contributed by atoms with Crippen LogP contribution < -0.4 is 5.32 Å². The fourth-order valence-corrected chi connectivity index (χ4v) is 2.50. The van der Waals surface area contributed by atoms with Gasteiger partial charge in [-0.15, -0.1) is 11.3 Å². The van der Waals surface area contributed by atoms with E-state index in [4.69, 9.17) is 0 Å². The summed E-state index contributed by atoms with van der Waals surface area (Å²) in [6, 6.07) is 2.24. The van der Waals surface area contributed by atoms with Crippen LogP contribution in [0.2, 0.25) is 0 Å². The lowest BCUT2D eigenvalue weighted by Gasteiger charge is -2.16. The zero-order valence-corrected chi connectivity index (χ0v) is 10.2. The van der Waals surface area contributed by atoms with Gasteiger partial charge in [-0.3, -0.25) is 0 Å². The molecular weight excluding hydrogens is 192 g/mol. The van der Waals surface area contributed by atoms with Crippen molar-refractivity contribution < 1.29 is 0 Å². The zero-order chi connectivity index (χ0) is 10.4. The lowest BCUT2D eigenvalue weighted by Crippen LogP contribution is -2.26. The molecule has 0 saturated carbocycles. The molecule has 1 aromatic rings. The van der Waals surface area contributed by atoms with Gasteiger partial charge in [-0.1, -0.05) is 6.92 Å². The summed E-state index contributed by atoms with van der Waals surface area (Å²) >= 11 is 1.87. The number of aryl methyl sites for hydroxylation is 1. The number of nitrogens with zero attached hydrogens (tertiary/aromatic N) is 1. The second-order valence-electron chi connectivity index (χ2n) is 3.56. The molecule has 14 heavy (non-hydrogen) atoms. The highest BCUT2D eigenvalue weighted by atomic mass is 32.1. The molecule has 0 amide bonds. The van der Waals surface area contributed by atoms with Crippen molar-refractivity contribution >= 4 is 11.3 Å². The molecule has 0 aliphatic carbocycles. The quantitative estimate of drug-likeness (QED) is 0.775. The van der Waals surface area contributed by atoms with Crippen LogP contribution in [0, 0.1) is 0 Å². The lowest BCUT2D eigenvalue weighted by molar-refractivity contribution is 0.330. The maximum absolute atomic E-state index is 3.17. The van der Waals surface area contributed by atoms with E-state index in [1.807, 2.05) is 18.4 Å². The minimum absolute atomic E-state index is 1.06. The van der Waals surface area contributed by atoms with Crippen LogP contribution in [-0.4, -0.2) is 32.1 Å². The first-order chi connectivity index (χ1) is 6.77. The van der Waals surface area contributed by atoms with Gasteiger partial charge in [0.2, 0.25) is 0 Å². The van der Waals surface area contributed by atoms with Gasteiger partial charge in [-0.25, -0.2) is 0 Å². The van der Waals surface area contributed by atoms with Crippen LogP contribution in [-0.2, 0) is 13.0 Å². The van der Waals surface area contributed by atoms with Gasteiger partial charge in [0.05, 0.1) is 0 Å². The van der Waals surface area contributed by atoms with Gasteiger partial charge in [0.1, 0.15) is 0 Å².